The Bertz CT molecular complexity index is 1570. The van der Waals surface area contributed by atoms with Crippen molar-refractivity contribution in [2.75, 3.05) is 0 Å². The van der Waals surface area contributed by atoms with Crippen LogP contribution in [0.25, 0.3) is 11.1 Å². The highest BCUT2D eigenvalue weighted by Gasteiger charge is 2.47. The van der Waals surface area contributed by atoms with Crippen molar-refractivity contribution >= 4 is 0 Å². The van der Waals surface area contributed by atoms with E-state index >= 15 is 0 Å². The Balaban J connectivity index is 1.81. The minimum absolute atomic E-state index is 0.352. The van der Waals surface area contributed by atoms with Gasteiger partial charge in [-0.2, -0.15) is 0 Å². The van der Waals surface area contributed by atoms with Crippen LogP contribution in [0.1, 0.15) is 199 Å². The molecular formula is C51H70. The molecule has 0 N–H and O–H groups in total. The largest absolute Gasteiger partial charge is 0.0713 e. The zero-order valence-electron chi connectivity index (χ0n) is 33.9. The molecule has 0 nitrogen and oxygen atoms in total. The number of benzene rings is 4. The van der Waals surface area contributed by atoms with E-state index < -0.39 is 0 Å². The minimum Gasteiger partial charge on any atom is -0.0654 e. The average molecular weight is 683 g/mol. The van der Waals surface area contributed by atoms with Crippen molar-refractivity contribution in [2.24, 2.45) is 0 Å². The molecule has 0 radical (unpaired) electrons. The highest BCUT2D eigenvalue weighted by molar-refractivity contribution is 5.87. The molecule has 2 unspecified atom stereocenters. The van der Waals surface area contributed by atoms with Gasteiger partial charge in [-0.1, -0.05) is 177 Å². The van der Waals surface area contributed by atoms with Crippen LogP contribution in [-0.2, 0) is 18.3 Å². The zero-order chi connectivity index (χ0) is 36.4. The van der Waals surface area contributed by atoms with Gasteiger partial charge in [-0.15, -0.1) is 0 Å². The Morgan fingerprint density at radius 1 is 0.451 bits per heavy atom. The van der Waals surface area contributed by atoms with Gasteiger partial charge in [0.05, 0.1) is 5.41 Å². The summed E-state index contributed by atoms with van der Waals surface area (Å²) >= 11 is 0. The molecule has 274 valence electrons. The first-order valence-electron chi connectivity index (χ1n) is 21.4. The van der Waals surface area contributed by atoms with Gasteiger partial charge in [-0.25, -0.2) is 0 Å². The van der Waals surface area contributed by atoms with Crippen LogP contribution in [-0.4, -0.2) is 0 Å². The standard InChI is InChI=1S/C51H70/c1-9-15-19-23-39(13-5)45-31-27-43(35-41(45)21-17-11-3)51(49-33-37(7)25-29-47(49)48-30-26-38(8)34-50(48)51)44-28-32-46(42(36-44)22-18-12-4)40(14-6)24-20-16-10-2/h25-36,39-40H,9-24H2,1-8H3. The molecule has 2 atom stereocenters. The summed E-state index contributed by atoms with van der Waals surface area (Å²) in [5.74, 6) is 1.28. The number of hydrogen-bond donors (Lipinski definition) is 0. The summed E-state index contributed by atoms with van der Waals surface area (Å²) in [5, 5.41) is 0. The van der Waals surface area contributed by atoms with E-state index in [0.717, 1.165) is 12.8 Å². The molecule has 4 aromatic rings. The van der Waals surface area contributed by atoms with Crippen molar-refractivity contribution < 1.29 is 0 Å². The molecule has 51 heavy (non-hydrogen) atoms. The maximum atomic E-state index is 2.69. The van der Waals surface area contributed by atoms with Gasteiger partial charge in [-0.3, -0.25) is 0 Å². The van der Waals surface area contributed by atoms with Crippen LogP contribution in [0.15, 0.2) is 72.8 Å². The van der Waals surface area contributed by atoms with E-state index in [0.29, 0.717) is 11.8 Å². The summed E-state index contributed by atoms with van der Waals surface area (Å²) in [5.41, 5.74) is 17.4. The Kier molecular flexibility index (Phi) is 14.2. The first-order chi connectivity index (χ1) is 24.9. The number of unbranched alkanes of at least 4 members (excludes halogenated alkanes) is 6. The summed E-state index contributed by atoms with van der Waals surface area (Å²) in [7, 11) is 0. The molecule has 0 heteroatoms. The Morgan fingerprint density at radius 3 is 1.24 bits per heavy atom. The van der Waals surface area contributed by atoms with Crippen molar-refractivity contribution in [2.45, 2.75) is 175 Å². The highest BCUT2D eigenvalue weighted by atomic mass is 14.5. The smallest absolute Gasteiger partial charge is 0.0654 e. The second-order valence-corrected chi connectivity index (χ2v) is 16.1. The molecule has 5 rings (SSSR count). The fourth-order valence-corrected chi connectivity index (χ4v) is 9.42. The van der Waals surface area contributed by atoms with Crippen LogP contribution < -0.4 is 0 Å². The van der Waals surface area contributed by atoms with Crippen molar-refractivity contribution in [3.63, 3.8) is 0 Å². The fourth-order valence-electron chi connectivity index (χ4n) is 9.42. The molecule has 4 aromatic carbocycles. The molecule has 0 aliphatic heterocycles. The molecule has 0 amide bonds. The highest BCUT2D eigenvalue weighted by Crippen LogP contribution is 2.57. The molecule has 0 heterocycles. The van der Waals surface area contributed by atoms with E-state index in [1.165, 1.54) is 134 Å². The zero-order valence-corrected chi connectivity index (χ0v) is 33.9. The predicted molar refractivity (Wildman–Crippen MR) is 225 cm³/mol. The molecule has 0 spiro atoms. The topological polar surface area (TPSA) is 0 Å². The van der Waals surface area contributed by atoms with Crippen LogP contribution in [0.5, 0.6) is 0 Å². The maximum absolute atomic E-state index is 2.69. The van der Waals surface area contributed by atoms with Gasteiger partial charge in [0.2, 0.25) is 0 Å². The summed E-state index contributed by atoms with van der Waals surface area (Å²) in [4.78, 5) is 0. The predicted octanol–water partition coefficient (Wildman–Crippen LogP) is 15.5. The number of fused-ring (bicyclic) bond motifs is 3. The van der Waals surface area contributed by atoms with E-state index in [9.17, 15) is 0 Å². The lowest BCUT2D eigenvalue weighted by Gasteiger charge is -2.36. The molecule has 0 bridgehead atoms. The molecule has 0 fully saturated rings. The van der Waals surface area contributed by atoms with Gasteiger partial charge in [0.1, 0.15) is 0 Å². The van der Waals surface area contributed by atoms with Gasteiger partial charge >= 0.3 is 0 Å². The van der Waals surface area contributed by atoms with Gasteiger partial charge in [0.15, 0.2) is 0 Å². The fraction of sp³-hybridized carbons (Fsp3) is 0.529. The lowest BCUT2D eigenvalue weighted by atomic mass is 9.65. The van der Waals surface area contributed by atoms with Gasteiger partial charge in [0.25, 0.3) is 0 Å². The van der Waals surface area contributed by atoms with Gasteiger partial charge < -0.3 is 0 Å². The number of aryl methyl sites for hydroxylation is 4. The van der Waals surface area contributed by atoms with E-state index in [-0.39, 0.29) is 5.41 Å². The van der Waals surface area contributed by atoms with Crippen LogP contribution in [0, 0.1) is 13.8 Å². The molecule has 1 aliphatic carbocycles. The lowest BCUT2D eigenvalue weighted by Crippen LogP contribution is -2.29. The normalized spacial score (nSPS) is 14.4. The lowest BCUT2D eigenvalue weighted by molar-refractivity contribution is 0.547. The van der Waals surface area contributed by atoms with E-state index in [1.807, 2.05) is 0 Å². The molecule has 0 aromatic heterocycles. The van der Waals surface area contributed by atoms with E-state index in [1.54, 1.807) is 22.3 Å². The SMILES string of the molecule is CCCCCC(CC)c1ccc(C2(c3ccc(C(CC)CCCCC)c(CCCC)c3)c3cc(C)ccc3-c3ccc(C)cc32)cc1CCCC. The van der Waals surface area contributed by atoms with Crippen LogP contribution in [0.2, 0.25) is 0 Å². The summed E-state index contributed by atoms with van der Waals surface area (Å²) in [6.45, 7) is 18.8. The second-order valence-electron chi connectivity index (χ2n) is 16.1. The van der Waals surface area contributed by atoms with E-state index in [4.69, 9.17) is 0 Å². The first kappa shape index (κ1) is 39.1. The van der Waals surface area contributed by atoms with Crippen LogP contribution in [0.4, 0.5) is 0 Å². The Labute approximate surface area is 313 Å². The summed E-state index contributed by atoms with van der Waals surface area (Å²) in [6, 6.07) is 30.2. The molecule has 1 aliphatic rings. The maximum Gasteiger partial charge on any atom is 0.0713 e. The monoisotopic (exact) mass is 683 g/mol. The second kappa shape index (κ2) is 18.6. The third-order valence-corrected chi connectivity index (χ3v) is 12.4. The Morgan fingerprint density at radius 2 is 0.863 bits per heavy atom. The van der Waals surface area contributed by atoms with Crippen molar-refractivity contribution in [3.8, 4) is 11.1 Å². The first-order valence-corrected chi connectivity index (χ1v) is 21.4. The van der Waals surface area contributed by atoms with Gasteiger partial charge in [0, 0.05) is 0 Å². The third-order valence-electron chi connectivity index (χ3n) is 12.4. The molecule has 0 saturated carbocycles. The Hall–Kier alpha value is -3.12. The summed E-state index contributed by atoms with van der Waals surface area (Å²) in [6.07, 6.45) is 20.2. The summed E-state index contributed by atoms with van der Waals surface area (Å²) < 4.78 is 0. The quantitative estimate of drug-likeness (QED) is 0.0717. The third kappa shape index (κ3) is 8.27. The van der Waals surface area contributed by atoms with Crippen molar-refractivity contribution in [3.05, 3.63) is 128 Å². The number of hydrogen-bond acceptors (Lipinski definition) is 0. The van der Waals surface area contributed by atoms with Gasteiger partial charge in [-0.05, 0) is 133 Å². The van der Waals surface area contributed by atoms with Crippen molar-refractivity contribution in [1.29, 1.82) is 0 Å². The molecular weight excluding hydrogens is 613 g/mol. The molecule has 0 saturated heterocycles. The van der Waals surface area contributed by atoms with Crippen molar-refractivity contribution in [1.82, 2.24) is 0 Å². The van der Waals surface area contributed by atoms with Crippen LogP contribution >= 0.6 is 0 Å². The number of rotatable bonds is 20. The van der Waals surface area contributed by atoms with E-state index in [2.05, 4.69) is 128 Å². The average Bonchev–Trinajstić information content (AvgIpc) is 3.42. The van der Waals surface area contributed by atoms with Crippen LogP contribution in [0.3, 0.4) is 0 Å². The minimum atomic E-state index is -0.352.